The van der Waals surface area contributed by atoms with Gasteiger partial charge in [-0.3, -0.25) is 9.59 Å². The minimum Gasteiger partial charge on any atom is -0.478 e. The number of carboxylic acid groups (broad SMARTS) is 1. The summed E-state index contributed by atoms with van der Waals surface area (Å²) >= 11 is 1.16. The molecule has 0 aromatic heterocycles. The summed E-state index contributed by atoms with van der Waals surface area (Å²) in [7, 11) is 0. The van der Waals surface area contributed by atoms with Crippen LogP contribution in [0.5, 0.6) is 0 Å². The van der Waals surface area contributed by atoms with E-state index in [0.717, 1.165) is 17.3 Å². The highest BCUT2D eigenvalue weighted by Crippen LogP contribution is 2.29. The zero-order chi connectivity index (χ0) is 14.9. The van der Waals surface area contributed by atoms with Gasteiger partial charge in [-0.1, -0.05) is 11.8 Å². The van der Waals surface area contributed by atoms with E-state index in [2.05, 4.69) is 0 Å². The van der Waals surface area contributed by atoms with Crippen LogP contribution >= 0.6 is 11.8 Å². The Hall–Kier alpha value is -1.82. The SMILES string of the molecule is CC(=O)SC1CC(=O)N(c2cc(C)cc(C(=O)O)c2)C1. The Morgan fingerprint density at radius 3 is 2.65 bits per heavy atom. The molecule has 0 saturated carbocycles. The fourth-order valence-corrected chi connectivity index (χ4v) is 3.20. The normalized spacial score (nSPS) is 18.4. The summed E-state index contributed by atoms with van der Waals surface area (Å²) in [6.07, 6.45) is 0.306. The van der Waals surface area contributed by atoms with Crippen molar-refractivity contribution in [3.8, 4) is 0 Å². The number of carbonyl (C=O) groups excluding carboxylic acids is 2. The molecule has 1 amide bonds. The van der Waals surface area contributed by atoms with E-state index < -0.39 is 5.97 Å². The van der Waals surface area contributed by atoms with E-state index in [1.165, 1.54) is 13.0 Å². The Morgan fingerprint density at radius 2 is 2.05 bits per heavy atom. The monoisotopic (exact) mass is 293 g/mol. The number of aryl methyl sites for hydroxylation is 1. The van der Waals surface area contributed by atoms with Crippen LogP contribution < -0.4 is 4.90 Å². The number of hydrogen-bond donors (Lipinski definition) is 1. The number of rotatable bonds is 3. The van der Waals surface area contributed by atoms with Crippen LogP contribution in [0.3, 0.4) is 0 Å². The maximum Gasteiger partial charge on any atom is 0.335 e. The van der Waals surface area contributed by atoms with Crippen LogP contribution in [-0.4, -0.2) is 33.9 Å². The molecule has 1 aromatic carbocycles. The van der Waals surface area contributed by atoms with Gasteiger partial charge in [0.1, 0.15) is 0 Å². The van der Waals surface area contributed by atoms with Gasteiger partial charge in [0, 0.05) is 30.8 Å². The van der Waals surface area contributed by atoms with Crippen molar-refractivity contribution in [1.82, 2.24) is 0 Å². The Morgan fingerprint density at radius 1 is 1.35 bits per heavy atom. The van der Waals surface area contributed by atoms with Gasteiger partial charge in [-0.05, 0) is 30.7 Å². The molecular formula is C14H15NO4S. The molecule has 20 heavy (non-hydrogen) atoms. The Labute approximate surface area is 121 Å². The smallest absolute Gasteiger partial charge is 0.335 e. The maximum atomic E-state index is 12.0. The van der Waals surface area contributed by atoms with Crippen molar-refractivity contribution < 1.29 is 19.5 Å². The second kappa shape index (κ2) is 5.66. The fourth-order valence-electron chi connectivity index (χ4n) is 2.28. The van der Waals surface area contributed by atoms with E-state index in [0.29, 0.717) is 18.7 Å². The molecule has 0 spiro atoms. The molecule has 1 heterocycles. The van der Waals surface area contributed by atoms with Gasteiger partial charge < -0.3 is 10.0 Å². The second-order valence-corrected chi connectivity index (χ2v) is 6.28. The van der Waals surface area contributed by atoms with Gasteiger partial charge in [-0.25, -0.2) is 4.79 Å². The third-order valence-electron chi connectivity index (χ3n) is 3.04. The van der Waals surface area contributed by atoms with E-state index >= 15 is 0 Å². The summed E-state index contributed by atoms with van der Waals surface area (Å²) in [5.74, 6) is -1.10. The lowest BCUT2D eigenvalue weighted by molar-refractivity contribution is -0.117. The molecule has 1 atom stereocenters. The van der Waals surface area contributed by atoms with Gasteiger partial charge in [0.15, 0.2) is 5.12 Å². The molecule has 5 nitrogen and oxygen atoms in total. The summed E-state index contributed by atoms with van der Waals surface area (Å²) in [4.78, 5) is 35.7. The van der Waals surface area contributed by atoms with Crippen LogP contribution in [-0.2, 0) is 9.59 Å². The summed E-state index contributed by atoms with van der Waals surface area (Å²) in [6, 6.07) is 4.84. The van der Waals surface area contributed by atoms with Gasteiger partial charge in [-0.15, -0.1) is 0 Å². The second-order valence-electron chi connectivity index (χ2n) is 4.80. The van der Waals surface area contributed by atoms with Gasteiger partial charge in [0.25, 0.3) is 0 Å². The molecule has 1 fully saturated rings. The molecule has 1 aliphatic heterocycles. The van der Waals surface area contributed by atoms with E-state index in [1.807, 2.05) is 0 Å². The number of benzene rings is 1. The number of carbonyl (C=O) groups is 3. The predicted octanol–water partition coefficient (Wildman–Crippen LogP) is 2.08. The highest BCUT2D eigenvalue weighted by atomic mass is 32.2. The molecule has 1 N–H and O–H groups in total. The van der Waals surface area contributed by atoms with Crippen molar-refractivity contribution in [1.29, 1.82) is 0 Å². The molecule has 0 bridgehead atoms. The Bertz CT molecular complexity index is 585. The Kier molecular flexibility index (Phi) is 4.13. The summed E-state index contributed by atoms with van der Waals surface area (Å²) < 4.78 is 0. The standard InChI is InChI=1S/C14H15NO4S/c1-8-3-10(14(18)19)5-11(4-8)15-7-12(6-13(15)17)20-9(2)16/h3-5,12H,6-7H2,1-2H3,(H,18,19). The number of aromatic carboxylic acids is 1. The molecule has 2 rings (SSSR count). The zero-order valence-corrected chi connectivity index (χ0v) is 12.1. The quantitative estimate of drug-likeness (QED) is 0.923. The van der Waals surface area contributed by atoms with Gasteiger partial charge >= 0.3 is 5.97 Å². The summed E-state index contributed by atoms with van der Waals surface area (Å²) in [6.45, 7) is 3.71. The van der Waals surface area contributed by atoms with Crippen LogP contribution in [0.4, 0.5) is 5.69 Å². The number of anilines is 1. The van der Waals surface area contributed by atoms with E-state index in [9.17, 15) is 14.4 Å². The number of hydrogen-bond acceptors (Lipinski definition) is 4. The van der Waals surface area contributed by atoms with E-state index in [4.69, 9.17) is 5.11 Å². The van der Waals surface area contributed by atoms with Gasteiger partial charge in [0.2, 0.25) is 5.91 Å². The average molecular weight is 293 g/mol. The molecule has 0 aliphatic carbocycles. The average Bonchev–Trinajstić information content (AvgIpc) is 2.68. The number of thioether (sulfide) groups is 1. The predicted molar refractivity (Wildman–Crippen MR) is 77.2 cm³/mol. The summed E-state index contributed by atoms with van der Waals surface area (Å²) in [5.41, 5.74) is 1.53. The lowest BCUT2D eigenvalue weighted by atomic mass is 10.1. The molecule has 106 valence electrons. The van der Waals surface area contributed by atoms with Crippen LogP contribution in [0.15, 0.2) is 18.2 Å². The zero-order valence-electron chi connectivity index (χ0n) is 11.3. The van der Waals surface area contributed by atoms with Crippen molar-refractivity contribution in [2.75, 3.05) is 11.4 Å². The molecule has 1 unspecified atom stereocenters. The number of carboxylic acids is 1. The Balaban J connectivity index is 2.25. The third kappa shape index (κ3) is 3.19. The highest BCUT2D eigenvalue weighted by Gasteiger charge is 2.32. The highest BCUT2D eigenvalue weighted by molar-refractivity contribution is 8.14. The van der Waals surface area contributed by atoms with E-state index in [1.54, 1.807) is 24.0 Å². The van der Waals surface area contributed by atoms with Crippen LogP contribution in [0.1, 0.15) is 29.3 Å². The first-order valence-corrected chi connectivity index (χ1v) is 7.07. The molecular weight excluding hydrogens is 278 g/mol. The first-order chi connectivity index (χ1) is 9.36. The van der Waals surface area contributed by atoms with Crippen LogP contribution in [0, 0.1) is 6.92 Å². The minimum absolute atomic E-state index is 0.0138. The first-order valence-electron chi connectivity index (χ1n) is 6.19. The van der Waals surface area contributed by atoms with E-state index in [-0.39, 0.29) is 21.8 Å². The van der Waals surface area contributed by atoms with Crippen molar-refractivity contribution >= 4 is 34.4 Å². The topological polar surface area (TPSA) is 74.7 Å². The lowest BCUT2D eigenvalue weighted by Gasteiger charge is -2.17. The largest absolute Gasteiger partial charge is 0.478 e. The molecule has 0 radical (unpaired) electrons. The van der Waals surface area contributed by atoms with Gasteiger partial charge in [0.05, 0.1) is 5.56 Å². The van der Waals surface area contributed by atoms with Crippen LogP contribution in [0.2, 0.25) is 0 Å². The maximum absolute atomic E-state index is 12.0. The van der Waals surface area contributed by atoms with Crippen LogP contribution in [0.25, 0.3) is 0 Å². The van der Waals surface area contributed by atoms with Crippen molar-refractivity contribution in [3.63, 3.8) is 0 Å². The first kappa shape index (κ1) is 14.6. The molecule has 1 aromatic rings. The number of amides is 1. The summed E-state index contributed by atoms with van der Waals surface area (Å²) in [5, 5.41) is 8.99. The lowest BCUT2D eigenvalue weighted by Crippen LogP contribution is -2.25. The molecule has 6 heteroatoms. The third-order valence-corrected chi connectivity index (χ3v) is 4.02. The molecule has 1 aliphatic rings. The van der Waals surface area contributed by atoms with Gasteiger partial charge in [-0.2, -0.15) is 0 Å². The minimum atomic E-state index is -1.02. The molecule has 1 saturated heterocycles. The van der Waals surface area contributed by atoms with Crippen molar-refractivity contribution in [2.24, 2.45) is 0 Å². The van der Waals surface area contributed by atoms with Crippen molar-refractivity contribution in [2.45, 2.75) is 25.5 Å². The number of nitrogens with zero attached hydrogens (tertiary/aromatic N) is 1. The van der Waals surface area contributed by atoms with Crippen molar-refractivity contribution in [3.05, 3.63) is 29.3 Å². The fraction of sp³-hybridized carbons (Fsp3) is 0.357.